The third-order valence-corrected chi connectivity index (χ3v) is 5.31. The molecule has 0 spiro atoms. The molecule has 190 valence electrons. The third-order valence-electron chi connectivity index (χ3n) is 5.07. The Kier molecular flexibility index (Phi) is 9.90. The van der Waals surface area contributed by atoms with E-state index < -0.39 is 18.1 Å². The van der Waals surface area contributed by atoms with Gasteiger partial charge in [-0.2, -0.15) is 13.2 Å². The largest absolute Gasteiger partial charge is 0.490 e. The minimum absolute atomic E-state index is 0.134. The first-order chi connectivity index (χ1) is 16.4. The molecule has 0 bridgehead atoms. The number of benzene rings is 2. The fraction of sp³-hybridized carbons (Fsp3) is 0.348. The highest BCUT2D eigenvalue weighted by Crippen LogP contribution is 2.29. The number of nitrogens with zero attached hydrogens (tertiary/aromatic N) is 2. The molecule has 12 heteroatoms. The first-order valence-corrected chi connectivity index (χ1v) is 11.0. The summed E-state index contributed by atoms with van der Waals surface area (Å²) in [5.41, 5.74) is 1.88. The molecule has 0 unspecified atom stereocenters. The van der Waals surface area contributed by atoms with E-state index >= 15 is 0 Å². The van der Waals surface area contributed by atoms with Crippen LogP contribution in [-0.2, 0) is 4.79 Å². The van der Waals surface area contributed by atoms with E-state index in [2.05, 4.69) is 22.0 Å². The van der Waals surface area contributed by atoms with Gasteiger partial charge in [-0.1, -0.05) is 24.6 Å². The summed E-state index contributed by atoms with van der Waals surface area (Å²) in [4.78, 5) is 37.6. The minimum Gasteiger partial charge on any atom is -0.478 e. The van der Waals surface area contributed by atoms with Crippen molar-refractivity contribution < 1.29 is 37.8 Å². The van der Waals surface area contributed by atoms with Gasteiger partial charge in [0.05, 0.1) is 16.9 Å². The first kappa shape index (κ1) is 27.9. The van der Waals surface area contributed by atoms with Crippen molar-refractivity contribution in [1.29, 1.82) is 0 Å². The zero-order valence-electron chi connectivity index (χ0n) is 18.8. The quantitative estimate of drug-likeness (QED) is 0.521. The van der Waals surface area contributed by atoms with Gasteiger partial charge in [0.1, 0.15) is 0 Å². The fourth-order valence-corrected chi connectivity index (χ4v) is 3.59. The Morgan fingerprint density at radius 1 is 1.00 bits per heavy atom. The molecule has 0 aliphatic carbocycles. The van der Waals surface area contributed by atoms with Gasteiger partial charge < -0.3 is 20.4 Å². The summed E-state index contributed by atoms with van der Waals surface area (Å²) in [7, 11) is 0. The summed E-state index contributed by atoms with van der Waals surface area (Å²) >= 11 is 5.98. The van der Waals surface area contributed by atoms with Crippen molar-refractivity contribution in [3.63, 3.8) is 0 Å². The minimum atomic E-state index is -5.08. The van der Waals surface area contributed by atoms with Crippen LogP contribution in [0.1, 0.15) is 34.1 Å². The number of carbonyl (C=O) groups excluding carboxylic acids is 1. The summed E-state index contributed by atoms with van der Waals surface area (Å²) in [6.45, 7) is 6.77. The lowest BCUT2D eigenvalue weighted by Gasteiger charge is -2.36. The van der Waals surface area contributed by atoms with Crippen molar-refractivity contribution in [1.82, 2.24) is 4.90 Å². The number of amides is 1. The highest BCUT2D eigenvalue weighted by molar-refractivity contribution is 6.31. The zero-order valence-corrected chi connectivity index (χ0v) is 19.6. The number of piperazine rings is 1. The van der Waals surface area contributed by atoms with Crippen LogP contribution >= 0.6 is 11.6 Å². The molecular weight excluding hydrogens is 491 g/mol. The van der Waals surface area contributed by atoms with Crippen molar-refractivity contribution in [3.05, 3.63) is 58.6 Å². The highest BCUT2D eigenvalue weighted by atomic mass is 35.5. The molecule has 2 aromatic carbocycles. The van der Waals surface area contributed by atoms with Crippen molar-refractivity contribution in [2.24, 2.45) is 0 Å². The summed E-state index contributed by atoms with van der Waals surface area (Å²) in [6.07, 6.45) is -3.96. The molecular formula is C23H25ClF3N3O5. The van der Waals surface area contributed by atoms with E-state index in [0.717, 1.165) is 44.8 Å². The first-order valence-electron chi connectivity index (χ1n) is 10.6. The number of rotatable bonds is 6. The van der Waals surface area contributed by atoms with Crippen LogP contribution in [0.5, 0.6) is 0 Å². The topological polar surface area (TPSA) is 110 Å². The number of carboxylic acids is 2. The van der Waals surface area contributed by atoms with Gasteiger partial charge in [-0.15, -0.1) is 0 Å². The van der Waals surface area contributed by atoms with E-state index in [9.17, 15) is 27.9 Å². The molecule has 1 amide bonds. The number of nitrogens with one attached hydrogen (secondary N) is 1. The number of aromatic carboxylic acids is 1. The summed E-state index contributed by atoms with van der Waals surface area (Å²) in [5.74, 6) is -4.11. The highest BCUT2D eigenvalue weighted by Gasteiger charge is 2.38. The molecule has 0 aromatic heterocycles. The van der Waals surface area contributed by atoms with Gasteiger partial charge in [-0.3, -0.25) is 9.69 Å². The molecule has 1 fully saturated rings. The number of hydrogen-bond donors (Lipinski definition) is 3. The van der Waals surface area contributed by atoms with Crippen LogP contribution < -0.4 is 10.2 Å². The van der Waals surface area contributed by atoms with E-state index in [1.165, 1.54) is 6.07 Å². The second-order valence-electron chi connectivity index (χ2n) is 7.63. The molecule has 1 heterocycles. The average Bonchev–Trinajstić information content (AvgIpc) is 2.79. The van der Waals surface area contributed by atoms with Crippen LogP contribution in [-0.4, -0.2) is 71.9 Å². The predicted octanol–water partition coefficient (Wildman–Crippen LogP) is 4.46. The lowest BCUT2D eigenvalue weighted by Crippen LogP contribution is -2.46. The van der Waals surface area contributed by atoms with E-state index in [1.54, 1.807) is 36.4 Å². The molecule has 3 rings (SSSR count). The van der Waals surface area contributed by atoms with E-state index in [-0.39, 0.29) is 11.5 Å². The maximum atomic E-state index is 12.7. The Morgan fingerprint density at radius 3 is 2.14 bits per heavy atom. The van der Waals surface area contributed by atoms with E-state index in [1.807, 2.05) is 0 Å². The monoisotopic (exact) mass is 515 g/mol. The number of aliphatic carboxylic acids is 1. The summed E-state index contributed by atoms with van der Waals surface area (Å²) in [6, 6.07) is 11.5. The Hall–Kier alpha value is -3.31. The number of carbonyl (C=O) groups is 3. The Morgan fingerprint density at radius 2 is 1.63 bits per heavy atom. The number of carboxylic acid groups (broad SMARTS) is 2. The van der Waals surface area contributed by atoms with E-state index in [4.69, 9.17) is 21.5 Å². The molecule has 35 heavy (non-hydrogen) atoms. The fourth-order valence-electron chi connectivity index (χ4n) is 3.40. The molecule has 0 atom stereocenters. The van der Waals surface area contributed by atoms with Crippen molar-refractivity contribution in [2.45, 2.75) is 19.5 Å². The van der Waals surface area contributed by atoms with Gasteiger partial charge in [0, 0.05) is 36.8 Å². The van der Waals surface area contributed by atoms with Crippen molar-refractivity contribution >= 4 is 40.8 Å². The maximum Gasteiger partial charge on any atom is 0.490 e. The molecule has 2 aromatic rings. The van der Waals surface area contributed by atoms with Crippen LogP contribution in [0.3, 0.4) is 0 Å². The van der Waals surface area contributed by atoms with Gasteiger partial charge >= 0.3 is 18.1 Å². The van der Waals surface area contributed by atoms with Gasteiger partial charge in [0.25, 0.3) is 5.91 Å². The van der Waals surface area contributed by atoms with Crippen molar-refractivity contribution in [3.8, 4) is 0 Å². The summed E-state index contributed by atoms with van der Waals surface area (Å²) in [5, 5.41) is 19.8. The average molecular weight is 516 g/mol. The number of hydrogen-bond acceptors (Lipinski definition) is 5. The van der Waals surface area contributed by atoms with Crippen LogP contribution in [0.4, 0.5) is 24.5 Å². The third kappa shape index (κ3) is 8.45. The standard InChI is InChI=1S/C21H24ClN3O3.C2HF3O2/c1-2-8-24-9-11-25(12-10-24)19-7-6-16(21(27)28)14-18(19)23-20(26)15-4-3-5-17(22)13-15;3-2(4,5)1(6)7/h3-7,13-14H,2,8-12H2,1H3,(H,23,26)(H,27,28);(H,6,7). The van der Waals surface area contributed by atoms with Crippen LogP contribution in [0.25, 0.3) is 0 Å². The lowest BCUT2D eigenvalue weighted by molar-refractivity contribution is -0.192. The second-order valence-corrected chi connectivity index (χ2v) is 8.07. The van der Waals surface area contributed by atoms with E-state index in [0.29, 0.717) is 16.3 Å². The number of alkyl halides is 3. The molecule has 8 nitrogen and oxygen atoms in total. The SMILES string of the molecule is CCCN1CCN(c2ccc(C(=O)O)cc2NC(=O)c2cccc(Cl)c2)CC1.O=C(O)C(F)(F)F. The number of anilines is 2. The van der Waals surface area contributed by atoms with Crippen molar-refractivity contribution in [2.75, 3.05) is 42.9 Å². The predicted molar refractivity (Wildman–Crippen MR) is 125 cm³/mol. The smallest absolute Gasteiger partial charge is 0.478 e. The molecule has 3 N–H and O–H groups in total. The van der Waals surface area contributed by atoms with Gasteiger partial charge in [0.2, 0.25) is 0 Å². The van der Waals surface area contributed by atoms with Crippen LogP contribution in [0.15, 0.2) is 42.5 Å². The van der Waals surface area contributed by atoms with Gasteiger partial charge in [-0.05, 0) is 49.4 Å². The Labute approximate surface area is 204 Å². The molecule has 1 aliphatic rings. The Balaban J connectivity index is 0.000000540. The molecule has 1 saturated heterocycles. The zero-order chi connectivity index (χ0) is 26.2. The van der Waals surface area contributed by atoms with Crippen LogP contribution in [0.2, 0.25) is 5.02 Å². The summed E-state index contributed by atoms with van der Waals surface area (Å²) < 4.78 is 31.7. The normalized spacial score (nSPS) is 14.0. The maximum absolute atomic E-state index is 12.7. The second kappa shape index (κ2) is 12.4. The molecule has 0 radical (unpaired) electrons. The lowest BCUT2D eigenvalue weighted by atomic mass is 10.1. The molecule has 0 saturated carbocycles. The van der Waals surface area contributed by atoms with Crippen LogP contribution in [0, 0.1) is 0 Å². The van der Waals surface area contributed by atoms with Gasteiger partial charge in [-0.25, -0.2) is 9.59 Å². The molecule has 1 aliphatic heterocycles. The Bertz CT molecular complexity index is 1060. The number of halogens is 4. The van der Waals surface area contributed by atoms with Gasteiger partial charge in [0.15, 0.2) is 0 Å².